The molecule has 1 N–H and O–H groups in total. The van der Waals surface area contributed by atoms with Crippen molar-refractivity contribution in [3.8, 4) is 5.75 Å². The summed E-state index contributed by atoms with van der Waals surface area (Å²) < 4.78 is 5.98. The number of hydrogen-bond acceptors (Lipinski definition) is 3. The molecule has 0 saturated carbocycles. The van der Waals surface area contributed by atoms with E-state index in [1.54, 1.807) is 0 Å². The van der Waals surface area contributed by atoms with Gasteiger partial charge in [-0.3, -0.25) is 9.69 Å². The number of hydrogen-bond donors (Lipinski definition) is 1. The molecule has 1 saturated heterocycles. The minimum atomic E-state index is -0.480. The number of carbonyl (C=O) groups is 1. The van der Waals surface area contributed by atoms with E-state index in [2.05, 4.69) is 42.3 Å². The smallest absolute Gasteiger partial charge is 0.261 e. The number of benzene rings is 2. The number of nitrogens with one attached hydrogen (secondary N) is 1. The van der Waals surface area contributed by atoms with Crippen LogP contribution in [-0.2, 0) is 17.9 Å². The molecule has 4 nitrogen and oxygen atoms in total. The van der Waals surface area contributed by atoms with Gasteiger partial charge in [0.15, 0.2) is 6.10 Å². The third kappa shape index (κ3) is 6.07. The SMILES string of the molecule is CCC(Oc1ccc(C)c(C)c1)C(=O)NCc1ccccc1CN1CCCCC1. The van der Waals surface area contributed by atoms with Crippen LogP contribution in [0.4, 0.5) is 0 Å². The summed E-state index contributed by atoms with van der Waals surface area (Å²) in [6.45, 7) is 9.95. The van der Waals surface area contributed by atoms with Gasteiger partial charge in [-0.15, -0.1) is 0 Å². The Labute approximate surface area is 175 Å². The second kappa shape index (κ2) is 10.4. The molecule has 156 valence electrons. The summed E-state index contributed by atoms with van der Waals surface area (Å²) in [6.07, 6.45) is 4.06. The minimum Gasteiger partial charge on any atom is -0.481 e. The minimum absolute atomic E-state index is 0.0569. The molecular formula is C25H34N2O2. The fraction of sp³-hybridized carbons (Fsp3) is 0.480. The number of aryl methyl sites for hydroxylation is 2. The Bertz CT molecular complexity index is 812. The van der Waals surface area contributed by atoms with Crippen molar-refractivity contribution in [2.24, 2.45) is 0 Å². The first-order chi connectivity index (χ1) is 14.1. The normalized spacial score (nSPS) is 15.7. The van der Waals surface area contributed by atoms with Crippen molar-refractivity contribution in [1.29, 1.82) is 0 Å². The first kappa shape index (κ1) is 21.4. The van der Waals surface area contributed by atoms with Gasteiger partial charge >= 0.3 is 0 Å². The Hall–Kier alpha value is -2.33. The van der Waals surface area contributed by atoms with E-state index < -0.39 is 6.10 Å². The van der Waals surface area contributed by atoms with Crippen molar-refractivity contribution in [3.63, 3.8) is 0 Å². The lowest BCUT2D eigenvalue weighted by atomic mass is 10.0. The van der Waals surface area contributed by atoms with E-state index in [-0.39, 0.29) is 5.91 Å². The fourth-order valence-corrected chi connectivity index (χ4v) is 3.81. The number of likely N-dealkylation sites (tertiary alicyclic amines) is 1. The first-order valence-corrected chi connectivity index (χ1v) is 10.9. The summed E-state index contributed by atoms with van der Waals surface area (Å²) >= 11 is 0. The Morgan fingerprint density at radius 3 is 2.45 bits per heavy atom. The number of ether oxygens (including phenoxy) is 1. The second-order valence-electron chi connectivity index (χ2n) is 8.08. The topological polar surface area (TPSA) is 41.6 Å². The molecule has 3 rings (SSSR count). The van der Waals surface area contributed by atoms with Crippen LogP contribution >= 0.6 is 0 Å². The molecule has 1 fully saturated rings. The monoisotopic (exact) mass is 394 g/mol. The predicted octanol–water partition coefficient (Wildman–Crippen LogP) is 4.76. The molecule has 0 aliphatic carbocycles. The Kier molecular flexibility index (Phi) is 7.70. The predicted molar refractivity (Wildman–Crippen MR) is 118 cm³/mol. The molecule has 0 spiro atoms. The average molecular weight is 395 g/mol. The molecule has 2 aromatic carbocycles. The highest BCUT2D eigenvalue weighted by Gasteiger charge is 2.19. The maximum absolute atomic E-state index is 12.8. The van der Waals surface area contributed by atoms with Gasteiger partial charge in [0.1, 0.15) is 5.75 Å². The summed E-state index contributed by atoms with van der Waals surface area (Å²) in [4.78, 5) is 15.3. The third-order valence-corrected chi connectivity index (χ3v) is 5.83. The van der Waals surface area contributed by atoms with Crippen molar-refractivity contribution in [2.45, 2.75) is 65.6 Å². The van der Waals surface area contributed by atoms with Crippen LogP contribution < -0.4 is 10.1 Å². The summed E-state index contributed by atoms with van der Waals surface area (Å²) in [7, 11) is 0. The van der Waals surface area contributed by atoms with Crippen molar-refractivity contribution in [1.82, 2.24) is 10.2 Å². The van der Waals surface area contributed by atoms with E-state index in [1.807, 2.05) is 31.2 Å². The van der Waals surface area contributed by atoms with E-state index in [1.165, 1.54) is 54.6 Å². The van der Waals surface area contributed by atoms with Crippen LogP contribution in [0.2, 0.25) is 0 Å². The number of amides is 1. The molecule has 2 aromatic rings. The van der Waals surface area contributed by atoms with E-state index in [0.717, 1.165) is 12.3 Å². The van der Waals surface area contributed by atoms with Crippen molar-refractivity contribution >= 4 is 5.91 Å². The van der Waals surface area contributed by atoms with Crippen molar-refractivity contribution in [2.75, 3.05) is 13.1 Å². The van der Waals surface area contributed by atoms with E-state index in [4.69, 9.17) is 4.74 Å². The number of carbonyl (C=O) groups excluding carboxylic acids is 1. The van der Waals surface area contributed by atoms with Crippen LogP contribution in [0, 0.1) is 13.8 Å². The molecule has 4 heteroatoms. The quantitative estimate of drug-likeness (QED) is 0.702. The summed E-state index contributed by atoms with van der Waals surface area (Å²) in [5, 5.41) is 3.09. The summed E-state index contributed by atoms with van der Waals surface area (Å²) in [6, 6.07) is 14.4. The Morgan fingerprint density at radius 1 is 1.03 bits per heavy atom. The van der Waals surface area contributed by atoms with Crippen molar-refractivity contribution in [3.05, 3.63) is 64.7 Å². The van der Waals surface area contributed by atoms with Gasteiger partial charge in [-0.25, -0.2) is 0 Å². The van der Waals surface area contributed by atoms with Crippen LogP contribution in [0.1, 0.15) is 54.9 Å². The van der Waals surface area contributed by atoms with Gasteiger partial charge in [-0.2, -0.15) is 0 Å². The zero-order chi connectivity index (χ0) is 20.6. The molecule has 1 unspecified atom stereocenters. The fourth-order valence-electron chi connectivity index (χ4n) is 3.81. The molecule has 1 atom stereocenters. The molecule has 1 aliphatic rings. The lowest BCUT2D eigenvalue weighted by Crippen LogP contribution is -2.38. The van der Waals surface area contributed by atoms with Crippen LogP contribution in [-0.4, -0.2) is 30.0 Å². The van der Waals surface area contributed by atoms with Gasteiger partial charge in [0.05, 0.1) is 0 Å². The Balaban J connectivity index is 1.59. The molecule has 0 radical (unpaired) electrons. The van der Waals surface area contributed by atoms with Gasteiger partial charge in [0, 0.05) is 13.1 Å². The molecule has 29 heavy (non-hydrogen) atoms. The zero-order valence-electron chi connectivity index (χ0n) is 18.0. The van der Waals surface area contributed by atoms with Crippen LogP contribution in [0.25, 0.3) is 0 Å². The largest absolute Gasteiger partial charge is 0.481 e. The van der Waals surface area contributed by atoms with E-state index in [0.29, 0.717) is 13.0 Å². The maximum atomic E-state index is 12.8. The molecule has 1 amide bonds. The van der Waals surface area contributed by atoms with Crippen LogP contribution in [0.5, 0.6) is 5.75 Å². The molecule has 1 aliphatic heterocycles. The number of nitrogens with zero attached hydrogens (tertiary/aromatic N) is 1. The van der Waals surface area contributed by atoms with Gasteiger partial charge in [0.2, 0.25) is 0 Å². The second-order valence-corrected chi connectivity index (χ2v) is 8.08. The molecule has 0 aromatic heterocycles. The molecular weight excluding hydrogens is 360 g/mol. The summed E-state index contributed by atoms with van der Waals surface area (Å²) in [5.41, 5.74) is 4.88. The molecule has 0 bridgehead atoms. The van der Waals surface area contributed by atoms with Gasteiger partial charge in [-0.1, -0.05) is 43.7 Å². The highest BCUT2D eigenvalue weighted by molar-refractivity contribution is 5.81. The standard InChI is InChI=1S/C25H34N2O2/c1-4-24(29-23-13-12-19(2)20(3)16-23)25(28)26-17-21-10-6-7-11-22(21)18-27-14-8-5-9-15-27/h6-7,10-13,16,24H,4-5,8-9,14-15,17-18H2,1-3H3,(H,26,28). The molecule has 1 heterocycles. The average Bonchev–Trinajstić information content (AvgIpc) is 2.74. The van der Waals surface area contributed by atoms with Gasteiger partial charge in [-0.05, 0) is 80.6 Å². The van der Waals surface area contributed by atoms with Crippen LogP contribution in [0.3, 0.4) is 0 Å². The van der Waals surface area contributed by atoms with Crippen molar-refractivity contribution < 1.29 is 9.53 Å². The number of rotatable bonds is 8. The lowest BCUT2D eigenvalue weighted by Gasteiger charge is -2.27. The van der Waals surface area contributed by atoms with E-state index >= 15 is 0 Å². The zero-order valence-corrected chi connectivity index (χ0v) is 18.0. The highest BCUT2D eigenvalue weighted by Crippen LogP contribution is 2.19. The van der Waals surface area contributed by atoms with E-state index in [9.17, 15) is 4.79 Å². The third-order valence-electron chi connectivity index (χ3n) is 5.83. The van der Waals surface area contributed by atoms with Crippen LogP contribution in [0.15, 0.2) is 42.5 Å². The maximum Gasteiger partial charge on any atom is 0.261 e. The lowest BCUT2D eigenvalue weighted by molar-refractivity contribution is -0.128. The highest BCUT2D eigenvalue weighted by atomic mass is 16.5. The first-order valence-electron chi connectivity index (χ1n) is 10.9. The Morgan fingerprint density at radius 2 is 1.76 bits per heavy atom. The van der Waals surface area contributed by atoms with Gasteiger partial charge in [0.25, 0.3) is 5.91 Å². The van der Waals surface area contributed by atoms with Gasteiger partial charge < -0.3 is 10.1 Å². The number of piperidine rings is 1. The summed E-state index contributed by atoms with van der Waals surface area (Å²) in [5.74, 6) is 0.694.